The number of fused-ring (bicyclic) bond motifs is 8. The van der Waals surface area contributed by atoms with Gasteiger partial charge in [0.25, 0.3) is 0 Å². The third-order valence-corrected chi connectivity index (χ3v) is 10.4. The number of aryl methyl sites for hydroxylation is 1. The molecule has 7 heteroatoms. The Hall–Kier alpha value is -4.54. The van der Waals surface area contributed by atoms with E-state index in [9.17, 15) is 19.6 Å². The molecule has 3 heterocycles. The highest BCUT2D eigenvalue weighted by Gasteiger charge is 2.61. The summed E-state index contributed by atoms with van der Waals surface area (Å²) in [5.41, 5.74) is 3.80. The van der Waals surface area contributed by atoms with E-state index in [-0.39, 0.29) is 5.91 Å². The van der Waals surface area contributed by atoms with Gasteiger partial charge in [0.05, 0.1) is 23.3 Å². The molecule has 1 saturated heterocycles. The molecule has 2 aliphatic carbocycles. The van der Waals surface area contributed by atoms with Crippen molar-refractivity contribution >= 4 is 50.5 Å². The number of nitriles is 1. The van der Waals surface area contributed by atoms with Gasteiger partial charge in [0, 0.05) is 21.7 Å². The van der Waals surface area contributed by atoms with Crippen LogP contribution < -0.4 is 9.64 Å². The first-order chi connectivity index (χ1) is 20.1. The van der Waals surface area contributed by atoms with E-state index in [1.165, 1.54) is 16.2 Å². The molecule has 0 radical (unpaired) electrons. The van der Waals surface area contributed by atoms with Gasteiger partial charge in [-0.1, -0.05) is 72.8 Å². The second kappa shape index (κ2) is 8.98. The van der Waals surface area contributed by atoms with Crippen LogP contribution in [0.1, 0.15) is 45.9 Å². The van der Waals surface area contributed by atoms with Crippen molar-refractivity contribution in [3.63, 3.8) is 0 Å². The summed E-state index contributed by atoms with van der Waals surface area (Å²) in [5, 5.41) is 12.3. The number of imide groups is 1. The van der Waals surface area contributed by atoms with Crippen molar-refractivity contribution in [2.45, 2.75) is 31.6 Å². The van der Waals surface area contributed by atoms with Crippen LogP contribution >= 0.6 is 11.3 Å². The van der Waals surface area contributed by atoms with Crippen LogP contribution in [0.25, 0.3) is 16.3 Å². The van der Waals surface area contributed by atoms with Gasteiger partial charge in [0.15, 0.2) is 0 Å². The Balaban J connectivity index is 1.33. The maximum Gasteiger partial charge on any atom is 0.319 e. The van der Waals surface area contributed by atoms with Crippen LogP contribution in [0.15, 0.2) is 72.8 Å². The van der Waals surface area contributed by atoms with Gasteiger partial charge < -0.3 is 4.74 Å². The molecule has 0 bridgehead atoms. The van der Waals surface area contributed by atoms with E-state index in [1.54, 1.807) is 0 Å². The van der Waals surface area contributed by atoms with E-state index in [4.69, 9.17) is 4.74 Å². The summed E-state index contributed by atoms with van der Waals surface area (Å²) >= 11 is 1.38. The largest absolute Gasteiger partial charge is 0.425 e. The van der Waals surface area contributed by atoms with Gasteiger partial charge in [-0.3, -0.25) is 14.4 Å². The zero-order valence-corrected chi connectivity index (χ0v) is 22.8. The number of allylic oxidation sites excluding steroid dienone is 1. The van der Waals surface area contributed by atoms with E-state index >= 15 is 0 Å². The number of carbonyl (C=O) groups is 3. The monoisotopic (exact) mass is 556 g/mol. The second-order valence-corrected chi connectivity index (χ2v) is 12.3. The average Bonchev–Trinajstić information content (AvgIpc) is 3.50. The predicted octanol–water partition coefficient (Wildman–Crippen LogP) is 6.17. The third kappa shape index (κ3) is 3.37. The summed E-state index contributed by atoms with van der Waals surface area (Å²) in [6.45, 7) is 0. The van der Waals surface area contributed by atoms with Gasteiger partial charge in [0.1, 0.15) is 16.8 Å². The van der Waals surface area contributed by atoms with Crippen LogP contribution in [0.5, 0.6) is 5.75 Å². The molecule has 0 saturated carbocycles. The number of nitrogens with zero attached hydrogens (tertiary/aromatic N) is 2. The summed E-state index contributed by atoms with van der Waals surface area (Å²) in [6, 6.07) is 23.7. The molecule has 2 aliphatic heterocycles. The molecule has 0 N–H and O–H groups in total. The Morgan fingerprint density at radius 3 is 2.46 bits per heavy atom. The highest BCUT2D eigenvalue weighted by molar-refractivity contribution is 7.17. The van der Waals surface area contributed by atoms with E-state index in [2.05, 4.69) is 6.07 Å². The number of carbonyl (C=O) groups excluding carboxylic acids is 3. The molecule has 4 atom stereocenters. The fourth-order valence-electron chi connectivity index (χ4n) is 7.31. The fraction of sp³-hybridized carbons (Fsp3) is 0.235. The van der Waals surface area contributed by atoms with Crippen LogP contribution in [-0.4, -0.2) is 17.8 Å². The van der Waals surface area contributed by atoms with Crippen molar-refractivity contribution in [3.8, 4) is 11.8 Å². The fourth-order valence-corrected chi connectivity index (χ4v) is 8.66. The SMILES string of the molecule is N#Cc1c(N2C(=O)[C@@H]3[C@@H]4C(=O)Oc5c(ccc6ccccc56)C4=C[C@H](c4ccccc4)[C@H]3C2=O)sc2c1CCCC2. The normalized spacial score (nSPS) is 24.6. The first-order valence-corrected chi connectivity index (χ1v) is 14.8. The van der Waals surface area contributed by atoms with Crippen LogP contribution in [0.4, 0.5) is 5.00 Å². The van der Waals surface area contributed by atoms with Gasteiger partial charge in [-0.2, -0.15) is 5.26 Å². The van der Waals surface area contributed by atoms with Crippen LogP contribution in [-0.2, 0) is 27.2 Å². The molecular weight excluding hydrogens is 532 g/mol. The van der Waals surface area contributed by atoms with Gasteiger partial charge in [-0.15, -0.1) is 11.3 Å². The summed E-state index contributed by atoms with van der Waals surface area (Å²) in [5.74, 6) is -3.83. The van der Waals surface area contributed by atoms with Gasteiger partial charge in [0.2, 0.25) is 11.8 Å². The predicted molar refractivity (Wildman–Crippen MR) is 155 cm³/mol. The zero-order chi connectivity index (χ0) is 27.8. The van der Waals surface area contributed by atoms with Crippen molar-refractivity contribution in [2.75, 3.05) is 4.90 Å². The van der Waals surface area contributed by atoms with Gasteiger partial charge in [-0.25, -0.2) is 4.90 Å². The molecule has 6 nitrogen and oxygen atoms in total. The van der Waals surface area contributed by atoms with Crippen molar-refractivity contribution in [3.05, 3.63) is 99.9 Å². The van der Waals surface area contributed by atoms with Crippen molar-refractivity contribution in [1.82, 2.24) is 0 Å². The van der Waals surface area contributed by atoms with E-state index in [0.29, 0.717) is 16.3 Å². The number of anilines is 1. The summed E-state index contributed by atoms with van der Waals surface area (Å²) in [4.78, 5) is 44.8. The first kappa shape index (κ1) is 24.3. The molecule has 1 aromatic heterocycles. The third-order valence-electron chi connectivity index (χ3n) is 9.14. The highest BCUT2D eigenvalue weighted by atomic mass is 32.1. The molecule has 0 spiro atoms. The smallest absolute Gasteiger partial charge is 0.319 e. The summed E-state index contributed by atoms with van der Waals surface area (Å²) < 4.78 is 5.99. The Labute approximate surface area is 240 Å². The molecule has 4 aromatic rings. The molecule has 8 rings (SSSR count). The number of hydrogen-bond acceptors (Lipinski definition) is 6. The minimum Gasteiger partial charge on any atom is -0.425 e. The molecule has 4 aliphatic rings. The Bertz CT molecular complexity index is 1880. The van der Waals surface area contributed by atoms with Crippen molar-refractivity contribution < 1.29 is 19.1 Å². The standard InChI is InChI=1S/C34H24N2O4S/c35-17-25-21-12-6-7-13-26(21)41-33(25)36-31(37)27-23(18-8-2-1-3-9-18)16-24-22-15-14-19-10-4-5-11-20(19)30(22)40-34(39)28(24)29(27)32(36)38/h1-5,8-11,14-16,23,27-29H,6-7,12-13H2/t23-,27-,28-,29+/m1/s1. The van der Waals surface area contributed by atoms with E-state index < -0.39 is 35.5 Å². The number of amides is 2. The number of ether oxygens (including phenoxy) is 1. The summed E-state index contributed by atoms with van der Waals surface area (Å²) in [6.07, 6.45) is 5.63. The van der Waals surface area contributed by atoms with E-state index in [0.717, 1.165) is 63.6 Å². The molecule has 2 amide bonds. The topological polar surface area (TPSA) is 87.5 Å². The lowest BCUT2D eigenvalue weighted by Crippen LogP contribution is -2.42. The quantitative estimate of drug-likeness (QED) is 0.167. The maximum atomic E-state index is 14.4. The van der Waals surface area contributed by atoms with Crippen LogP contribution in [0.2, 0.25) is 0 Å². The van der Waals surface area contributed by atoms with Gasteiger partial charge >= 0.3 is 5.97 Å². The molecular formula is C34H24N2O4S. The number of thiophene rings is 1. The lowest BCUT2D eigenvalue weighted by Gasteiger charge is -2.38. The second-order valence-electron chi connectivity index (χ2n) is 11.2. The minimum absolute atomic E-state index is 0.351. The molecule has 0 unspecified atom stereocenters. The molecule has 200 valence electrons. The van der Waals surface area contributed by atoms with Crippen molar-refractivity contribution in [1.29, 1.82) is 5.26 Å². The van der Waals surface area contributed by atoms with Crippen LogP contribution in [0, 0.1) is 29.1 Å². The van der Waals surface area contributed by atoms with Crippen molar-refractivity contribution in [2.24, 2.45) is 17.8 Å². The lowest BCUT2D eigenvalue weighted by atomic mass is 9.64. The zero-order valence-electron chi connectivity index (χ0n) is 22.0. The van der Waals surface area contributed by atoms with E-state index in [1.807, 2.05) is 72.8 Å². The lowest BCUT2D eigenvalue weighted by molar-refractivity contribution is -0.142. The minimum atomic E-state index is -0.925. The molecule has 3 aromatic carbocycles. The molecule has 41 heavy (non-hydrogen) atoms. The van der Waals surface area contributed by atoms with Gasteiger partial charge in [-0.05, 0) is 47.8 Å². The maximum absolute atomic E-state index is 14.4. The molecule has 1 fully saturated rings. The number of rotatable bonds is 2. The average molecular weight is 557 g/mol. The number of esters is 1. The highest BCUT2D eigenvalue weighted by Crippen LogP contribution is 2.56. The number of hydrogen-bond donors (Lipinski definition) is 0. The Morgan fingerprint density at radius 1 is 0.878 bits per heavy atom. The first-order valence-electron chi connectivity index (χ1n) is 14.0. The number of benzene rings is 3. The van der Waals surface area contributed by atoms with Crippen LogP contribution in [0.3, 0.4) is 0 Å². The Kier molecular flexibility index (Phi) is 5.32. The summed E-state index contributed by atoms with van der Waals surface area (Å²) in [7, 11) is 0. The Morgan fingerprint density at radius 2 is 1.63 bits per heavy atom.